The Morgan fingerprint density at radius 2 is 1.90 bits per heavy atom. The van der Waals surface area contributed by atoms with E-state index in [0.29, 0.717) is 0 Å². The zero-order valence-corrected chi connectivity index (χ0v) is 6.55. The van der Waals surface area contributed by atoms with Crippen LogP contribution in [0, 0.1) is 11.8 Å². The Balaban J connectivity index is 0.000000810. The highest BCUT2D eigenvalue weighted by Crippen LogP contribution is 2.31. The van der Waals surface area contributed by atoms with Crippen LogP contribution in [0.4, 0.5) is 0 Å². The first kappa shape index (κ1) is 10.2. The van der Waals surface area contributed by atoms with Crippen LogP contribution in [0.15, 0.2) is 0 Å². The third-order valence-corrected chi connectivity index (χ3v) is 2.18. The van der Waals surface area contributed by atoms with Crippen LogP contribution < -0.4 is 5.73 Å². The third kappa shape index (κ3) is 1.61. The molecule has 1 rings (SSSR count). The lowest BCUT2D eigenvalue weighted by Gasteiger charge is -2.40. The van der Waals surface area contributed by atoms with Crippen LogP contribution >= 0.6 is 12.4 Å². The zero-order chi connectivity index (χ0) is 6.85. The van der Waals surface area contributed by atoms with E-state index in [0.717, 1.165) is 6.42 Å². The maximum atomic E-state index is 8.67. The number of hydrogen-bond donors (Lipinski definition) is 3. The van der Waals surface area contributed by atoms with Gasteiger partial charge in [-0.25, -0.2) is 0 Å². The predicted octanol–water partition coefficient (Wildman–Crippen LogP) is -0.644. The molecule has 3 unspecified atom stereocenters. The van der Waals surface area contributed by atoms with Crippen molar-refractivity contribution in [1.29, 1.82) is 0 Å². The van der Waals surface area contributed by atoms with E-state index in [-0.39, 0.29) is 43.5 Å². The fourth-order valence-corrected chi connectivity index (χ4v) is 1.35. The largest absolute Gasteiger partial charge is 0.396 e. The highest BCUT2D eigenvalue weighted by molar-refractivity contribution is 5.85. The summed E-state index contributed by atoms with van der Waals surface area (Å²) in [4.78, 5) is 0. The summed E-state index contributed by atoms with van der Waals surface area (Å²) >= 11 is 0. The predicted molar refractivity (Wildman–Crippen MR) is 41.0 cm³/mol. The number of nitrogens with two attached hydrogens (primary N) is 1. The van der Waals surface area contributed by atoms with Crippen molar-refractivity contribution >= 4 is 12.4 Å². The summed E-state index contributed by atoms with van der Waals surface area (Å²) < 4.78 is 0. The molecule has 1 saturated carbocycles. The molecule has 4 N–H and O–H groups in total. The monoisotopic (exact) mass is 167 g/mol. The van der Waals surface area contributed by atoms with Crippen LogP contribution in [-0.2, 0) is 0 Å². The van der Waals surface area contributed by atoms with Crippen molar-refractivity contribution in [2.24, 2.45) is 17.6 Å². The lowest BCUT2D eigenvalue weighted by molar-refractivity contribution is 0.0253. The van der Waals surface area contributed by atoms with Crippen molar-refractivity contribution in [3.05, 3.63) is 0 Å². The molecule has 0 spiro atoms. The molecule has 0 aromatic heterocycles. The van der Waals surface area contributed by atoms with E-state index in [1.54, 1.807) is 0 Å². The molecule has 3 nitrogen and oxygen atoms in total. The minimum atomic E-state index is 0. The first-order chi connectivity index (χ1) is 4.29. The number of aliphatic hydroxyl groups is 2. The summed E-state index contributed by atoms with van der Waals surface area (Å²) in [6, 6.07) is 0.118. The van der Waals surface area contributed by atoms with E-state index < -0.39 is 0 Å². The first-order valence-corrected chi connectivity index (χ1v) is 3.27. The van der Waals surface area contributed by atoms with Crippen molar-refractivity contribution in [2.75, 3.05) is 13.2 Å². The molecule has 4 heteroatoms. The number of rotatable bonds is 2. The number of hydrogen-bond acceptors (Lipinski definition) is 3. The molecule has 62 valence electrons. The Morgan fingerprint density at radius 3 is 2.10 bits per heavy atom. The van der Waals surface area contributed by atoms with Crippen LogP contribution in [0.1, 0.15) is 6.42 Å². The minimum Gasteiger partial charge on any atom is -0.396 e. The Morgan fingerprint density at radius 1 is 1.30 bits per heavy atom. The van der Waals surface area contributed by atoms with Gasteiger partial charge in [-0.15, -0.1) is 12.4 Å². The van der Waals surface area contributed by atoms with E-state index in [9.17, 15) is 0 Å². The third-order valence-electron chi connectivity index (χ3n) is 2.18. The molecule has 1 fully saturated rings. The van der Waals surface area contributed by atoms with E-state index in [4.69, 9.17) is 15.9 Å². The normalized spacial score (nSPS) is 38.1. The molecule has 0 amide bonds. The molecular formula is C6H14ClNO2. The maximum Gasteiger partial charge on any atom is 0.0477 e. The van der Waals surface area contributed by atoms with Gasteiger partial charge in [0.2, 0.25) is 0 Å². The van der Waals surface area contributed by atoms with Gasteiger partial charge in [-0.2, -0.15) is 0 Å². The smallest absolute Gasteiger partial charge is 0.0477 e. The zero-order valence-electron chi connectivity index (χ0n) is 5.73. The summed E-state index contributed by atoms with van der Waals surface area (Å²) in [5, 5.41) is 17.3. The van der Waals surface area contributed by atoms with Crippen molar-refractivity contribution in [1.82, 2.24) is 0 Å². The van der Waals surface area contributed by atoms with E-state index >= 15 is 0 Å². The van der Waals surface area contributed by atoms with Gasteiger partial charge in [-0.1, -0.05) is 0 Å². The molecule has 0 heterocycles. The van der Waals surface area contributed by atoms with Crippen molar-refractivity contribution in [3.8, 4) is 0 Å². The molecular weight excluding hydrogens is 154 g/mol. The summed E-state index contributed by atoms with van der Waals surface area (Å²) in [6.45, 7) is 0.283. The van der Waals surface area contributed by atoms with Crippen LogP contribution in [0.5, 0.6) is 0 Å². The van der Waals surface area contributed by atoms with Gasteiger partial charge < -0.3 is 15.9 Å². The lowest BCUT2D eigenvalue weighted by Crippen LogP contribution is -2.50. The molecule has 0 aliphatic heterocycles. The van der Waals surface area contributed by atoms with Gasteiger partial charge in [0.1, 0.15) is 0 Å². The second kappa shape index (κ2) is 4.13. The van der Waals surface area contributed by atoms with Crippen LogP contribution in [0.2, 0.25) is 0 Å². The Labute approximate surface area is 66.6 Å². The standard InChI is InChI=1S/C6H13NO2.ClH/c7-6-1-4(2-8)5(6)3-9;/h4-6,8-9H,1-3,7H2;1H. The van der Waals surface area contributed by atoms with E-state index in [1.165, 1.54) is 0 Å². The Kier molecular flexibility index (Phi) is 4.20. The topological polar surface area (TPSA) is 66.5 Å². The number of halogens is 1. The maximum absolute atomic E-state index is 8.67. The summed E-state index contributed by atoms with van der Waals surface area (Å²) in [5.41, 5.74) is 5.53. The van der Waals surface area contributed by atoms with E-state index in [1.807, 2.05) is 0 Å². The average molecular weight is 168 g/mol. The molecule has 0 aromatic carbocycles. The average Bonchev–Trinajstić information content (AvgIpc) is 1.83. The van der Waals surface area contributed by atoms with Gasteiger partial charge in [0.05, 0.1) is 0 Å². The summed E-state index contributed by atoms with van der Waals surface area (Å²) in [6.07, 6.45) is 0.863. The van der Waals surface area contributed by atoms with Gasteiger partial charge in [-0.3, -0.25) is 0 Å². The Hall–Kier alpha value is 0.170. The van der Waals surface area contributed by atoms with Crippen molar-refractivity contribution < 1.29 is 10.2 Å². The van der Waals surface area contributed by atoms with Gasteiger partial charge in [-0.05, 0) is 12.3 Å². The minimum absolute atomic E-state index is 0. The van der Waals surface area contributed by atoms with Crippen LogP contribution in [-0.4, -0.2) is 29.5 Å². The van der Waals surface area contributed by atoms with Crippen LogP contribution in [0.25, 0.3) is 0 Å². The highest BCUT2D eigenvalue weighted by atomic mass is 35.5. The first-order valence-electron chi connectivity index (χ1n) is 3.27. The van der Waals surface area contributed by atoms with Gasteiger partial charge in [0.25, 0.3) is 0 Å². The fourth-order valence-electron chi connectivity index (χ4n) is 1.35. The van der Waals surface area contributed by atoms with Crippen molar-refractivity contribution in [3.63, 3.8) is 0 Å². The molecule has 0 radical (unpaired) electrons. The lowest BCUT2D eigenvalue weighted by atomic mass is 9.70. The molecule has 10 heavy (non-hydrogen) atoms. The Bertz CT molecular complexity index is 102. The van der Waals surface area contributed by atoms with E-state index in [2.05, 4.69) is 0 Å². The van der Waals surface area contributed by atoms with Crippen molar-refractivity contribution in [2.45, 2.75) is 12.5 Å². The quantitative estimate of drug-likeness (QED) is 0.513. The molecule has 1 aliphatic rings. The molecule has 0 bridgehead atoms. The van der Waals surface area contributed by atoms with Gasteiger partial charge in [0.15, 0.2) is 0 Å². The second-order valence-electron chi connectivity index (χ2n) is 2.69. The van der Waals surface area contributed by atoms with Crippen LogP contribution in [0.3, 0.4) is 0 Å². The molecule has 3 atom stereocenters. The molecule has 1 aliphatic carbocycles. The summed E-state index contributed by atoms with van der Waals surface area (Å²) in [7, 11) is 0. The summed E-state index contributed by atoms with van der Waals surface area (Å²) in [5.74, 6) is 0.403. The molecule has 0 aromatic rings. The number of aliphatic hydroxyl groups excluding tert-OH is 2. The fraction of sp³-hybridized carbons (Fsp3) is 1.00. The SMILES string of the molecule is Cl.NC1CC(CO)C1CO. The second-order valence-corrected chi connectivity index (χ2v) is 2.69. The van der Waals surface area contributed by atoms with Gasteiger partial charge >= 0.3 is 0 Å². The highest BCUT2D eigenvalue weighted by Gasteiger charge is 2.37. The van der Waals surface area contributed by atoms with Gasteiger partial charge in [0, 0.05) is 25.2 Å². The molecule has 0 saturated heterocycles.